The van der Waals surface area contributed by atoms with Crippen molar-refractivity contribution in [3.05, 3.63) is 47.3 Å². The van der Waals surface area contributed by atoms with Crippen LogP contribution in [-0.4, -0.2) is 15.8 Å². The number of carboxylic acid groups (broad SMARTS) is 1. The van der Waals surface area contributed by atoms with E-state index in [0.717, 1.165) is 4.68 Å². The van der Waals surface area contributed by atoms with Crippen LogP contribution in [0.3, 0.4) is 0 Å². The SMILES string of the molecule is O=C(O)c1cc(Br)cc(Br)c1Nn1c(=O)c1=O. The molecule has 0 amide bonds. The van der Waals surface area contributed by atoms with Gasteiger partial charge in [0.15, 0.2) is 0 Å². The third kappa shape index (κ3) is 2.18. The van der Waals surface area contributed by atoms with E-state index in [-0.39, 0.29) is 11.3 Å². The highest BCUT2D eigenvalue weighted by atomic mass is 79.9. The van der Waals surface area contributed by atoms with Crippen LogP contribution < -0.4 is 16.5 Å². The first-order chi connectivity index (χ1) is 7.91. The van der Waals surface area contributed by atoms with Crippen molar-refractivity contribution < 1.29 is 9.90 Å². The molecule has 0 fully saturated rings. The van der Waals surface area contributed by atoms with Crippen molar-refractivity contribution in [2.45, 2.75) is 0 Å². The molecule has 8 heteroatoms. The summed E-state index contributed by atoms with van der Waals surface area (Å²) in [5.74, 6) is -1.17. The van der Waals surface area contributed by atoms with Crippen LogP contribution in [0, 0.1) is 0 Å². The van der Waals surface area contributed by atoms with Gasteiger partial charge in [-0.3, -0.25) is 15.0 Å². The molecule has 6 nitrogen and oxygen atoms in total. The molecule has 2 rings (SSSR count). The minimum atomic E-state index is -1.17. The molecule has 88 valence electrons. The minimum absolute atomic E-state index is 0.0567. The van der Waals surface area contributed by atoms with Crippen LogP contribution in [0.1, 0.15) is 10.4 Å². The monoisotopic (exact) mass is 362 g/mol. The van der Waals surface area contributed by atoms with Crippen molar-refractivity contribution in [2.75, 3.05) is 5.43 Å². The highest BCUT2D eigenvalue weighted by Gasteiger charge is 2.21. The van der Waals surface area contributed by atoms with E-state index < -0.39 is 17.1 Å². The van der Waals surface area contributed by atoms with E-state index in [1.54, 1.807) is 6.07 Å². The average molecular weight is 364 g/mol. The molecule has 0 bridgehead atoms. The topological polar surface area (TPSA) is 88.4 Å². The number of carboxylic acids is 1. The van der Waals surface area contributed by atoms with Crippen LogP contribution in [-0.2, 0) is 0 Å². The minimum Gasteiger partial charge on any atom is -0.478 e. The Balaban J connectivity index is 2.52. The fraction of sp³-hybridized carbons (Fsp3) is 0. The van der Waals surface area contributed by atoms with E-state index in [2.05, 4.69) is 37.3 Å². The molecule has 2 N–H and O–H groups in total. The Morgan fingerprint density at radius 1 is 1.24 bits per heavy atom. The fourth-order valence-electron chi connectivity index (χ4n) is 1.20. The maximum absolute atomic E-state index is 11.0. The number of carbonyl (C=O) groups is 1. The quantitative estimate of drug-likeness (QED) is 0.799. The Kier molecular flexibility index (Phi) is 2.92. The maximum atomic E-state index is 11.0. The van der Waals surface area contributed by atoms with Crippen molar-refractivity contribution in [3.63, 3.8) is 0 Å². The molecule has 1 aromatic carbocycles. The number of anilines is 1. The van der Waals surface area contributed by atoms with Gasteiger partial charge in [0.25, 0.3) is 0 Å². The Hall–Kier alpha value is -1.41. The molecular formula is C9H4Br2N2O4. The zero-order chi connectivity index (χ0) is 12.7. The number of aromatic nitrogens is 1. The number of halogens is 2. The molecule has 1 heterocycles. The smallest absolute Gasteiger partial charge is 0.340 e. The second-order valence-electron chi connectivity index (χ2n) is 3.17. The van der Waals surface area contributed by atoms with Crippen LogP contribution in [0.25, 0.3) is 0 Å². The molecule has 0 saturated heterocycles. The van der Waals surface area contributed by atoms with Crippen molar-refractivity contribution in [2.24, 2.45) is 0 Å². The Labute approximate surface area is 111 Å². The van der Waals surface area contributed by atoms with E-state index in [1.807, 2.05) is 0 Å². The normalized spacial score (nSPS) is 10.7. The molecule has 0 radical (unpaired) electrons. The van der Waals surface area contributed by atoms with Gasteiger partial charge in [0.1, 0.15) is 0 Å². The largest absolute Gasteiger partial charge is 0.478 e. The van der Waals surface area contributed by atoms with Crippen molar-refractivity contribution in [1.82, 2.24) is 4.68 Å². The van der Waals surface area contributed by atoms with Gasteiger partial charge in [-0.1, -0.05) is 15.9 Å². The third-order valence-corrected chi connectivity index (χ3v) is 3.13. The van der Waals surface area contributed by atoms with Gasteiger partial charge in [0, 0.05) is 8.95 Å². The molecule has 0 atom stereocenters. The summed E-state index contributed by atoms with van der Waals surface area (Å²) in [6, 6.07) is 2.97. The van der Waals surface area contributed by atoms with E-state index in [9.17, 15) is 14.4 Å². The molecule has 0 aliphatic rings. The number of hydrogen-bond donors (Lipinski definition) is 2. The summed E-state index contributed by atoms with van der Waals surface area (Å²) in [5.41, 5.74) is 1.15. The molecule has 0 aliphatic heterocycles. The zero-order valence-corrected chi connectivity index (χ0v) is 11.2. The second-order valence-corrected chi connectivity index (χ2v) is 4.94. The molecular weight excluding hydrogens is 360 g/mol. The lowest BCUT2D eigenvalue weighted by molar-refractivity contribution is 0.0697. The van der Waals surface area contributed by atoms with Crippen LogP contribution >= 0.6 is 31.9 Å². The third-order valence-electron chi connectivity index (χ3n) is 2.05. The summed E-state index contributed by atoms with van der Waals surface area (Å²) in [6.07, 6.45) is 0. The molecule has 17 heavy (non-hydrogen) atoms. The lowest BCUT2D eigenvalue weighted by atomic mass is 10.2. The average Bonchev–Trinajstić information content (AvgIpc) is 2.79. The van der Waals surface area contributed by atoms with Crippen molar-refractivity contribution >= 4 is 43.5 Å². The first-order valence-electron chi connectivity index (χ1n) is 4.29. The van der Waals surface area contributed by atoms with Crippen LogP contribution in [0.15, 0.2) is 30.7 Å². The fourth-order valence-corrected chi connectivity index (χ4v) is 2.52. The van der Waals surface area contributed by atoms with Gasteiger partial charge in [0.05, 0.1) is 11.3 Å². The highest BCUT2D eigenvalue weighted by Crippen LogP contribution is 2.30. The van der Waals surface area contributed by atoms with E-state index in [0.29, 0.717) is 8.95 Å². The number of nitrogens with one attached hydrogen (secondary N) is 1. The molecule has 0 saturated carbocycles. The Bertz CT molecular complexity index is 659. The number of nitrogens with zero attached hydrogens (tertiary/aromatic N) is 1. The van der Waals surface area contributed by atoms with Gasteiger partial charge in [-0.05, 0) is 28.1 Å². The molecule has 1 aromatic heterocycles. The van der Waals surface area contributed by atoms with E-state index >= 15 is 0 Å². The number of benzene rings is 1. The van der Waals surface area contributed by atoms with Crippen molar-refractivity contribution in [3.8, 4) is 0 Å². The van der Waals surface area contributed by atoms with E-state index in [4.69, 9.17) is 5.11 Å². The Morgan fingerprint density at radius 2 is 1.82 bits per heavy atom. The first-order valence-corrected chi connectivity index (χ1v) is 5.88. The molecule has 0 spiro atoms. The molecule has 0 unspecified atom stereocenters. The van der Waals surface area contributed by atoms with Crippen LogP contribution in [0.2, 0.25) is 0 Å². The summed E-state index contributed by atoms with van der Waals surface area (Å²) in [7, 11) is 0. The Morgan fingerprint density at radius 3 is 2.29 bits per heavy atom. The second kappa shape index (κ2) is 4.11. The van der Waals surface area contributed by atoms with Gasteiger partial charge in [-0.15, -0.1) is 0 Å². The van der Waals surface area contributed by atoms with Gasteiger partial charge in [0.2, 0.25) is 0 Å². The predicted molar refractivity (Wildman–Crippen MR) is 67.2 cm³/mol. The predicted octanol–water partition coefficient (Wildman–Crippen LogP) is 1.18. The van der Waals surface area contributed by atoms with Gasteiger partial charge >= 0.3 is 17.1 Å². The summed E-state index contributed by atoms with van der Waals surface area (Å²) < 4.78 is 1.73. The summed E-state index contributed by atoms with van der Waals surface area (Å²) >= 11 is 6.31. The first kappa shape index (κ1) is 12.1. The van der Waals surface area contributed by atoms with Gasteiger partial charge < -0.3 is 5.11 Å². The van der Waals surface area contributed by atoms with Crippen LogP contribution in [0.4, 0.5) is 5.69 Å². The standard InChI is InChI=1S/C9H4Br2N2O4/c10-3-1-4(9(16)17)6(5(11)2-3)12-13-7(14)8(13)15/h1-2,12H,(H,16,17). The highest BCUT2D eigenvalue weighted by molar-refractivity contribution is 9.11. The van der Waals surface area contributed by atoms with Crippen LogP contribution in [0.5, 0.6) is 0 Å². The maximum Gasteiger partial charge on any atom is 0.340 e. The lowest BCUT2D eigenvalue weighted by Gasteiger charge is -2.09. The van der Waals surface area contributed by atoms with Gasteiger partial charge in [-0.25, -0.2) is 4.79 Å². The number of hydrogen-bond acceptors (Lipinski definition) is 4. The molecule has 0 aliphatic carbocycles. The zero-order valence-electron chi connectivity index (χ0n) is 8.03. The number of aromatic carboxylic acids is 1. The molecule has 2 aromatic rings. The summed E-state index contributed by atoms with van der Waals surface area (Å²) in [4.78, 5) is 32.7. The van der Waals surface area contributed by atoms with Gasteiger partial charge in [-0.2, -0.15) is 4.68 Å². The summed E-state index contributed by atoms with van der Waals surface area (Å²) in [5, 5.41) is 9.01. The van der Waals surface area contributed by atoms with Crippen molar-refractivity contribution in [1.29, 1.82) is 0 Å². The number of rotatable bonds is 3. The summed E-state index contributed by atoms with van der Waals surface area (Å²) in [6.45, 7) is 0. The van der Waals surface area contributed by atoms with E-state index in [1.165, 1.54) is 6.07 Å². The lowest BCUT2D eigenvalue weighted by Crippen LogP contribution is -2.12.